The van der Waals surface area contributed by atoms with Gasteiger partial charge in [0.25, 0.3) is 0 Å². The molecule has 0 saturated heterocycles. The number of nitriles is 2. The average Bonchev–Trinajstić information content (AvgIpc) is 3.21. The lowest BCUT2D eigenvalue weighted by Crippen LogP contribution is -1.95. The first-order valence-electron chi connectivity index (χ1n) is 7.78. The summed E-state index contributed by atoms with van der Waals surface area (Å²) < 4.78 is 1.05. The largest absolute Gasteiger partial charge is 0.289 e. The maximum Gasteiger partial charge on any atom is 0.194 e. The van der Waals surface area contributed by atoms with Crippen molar-refractivity contribution in [2.75, 3.05) is 0 Å². The number of rotatable bonds is 1. The van der Waals surface area contributed by atoms with Crippen LogP contribution in [0.25, 0.3) is 5.57 Å². The highest BCUT2D eigenvalue weighted by atomic mass is 32.2. The van der Waals surface area contributed by atoms with E-state index >= 15 is 0 Å². The van der Waals surface area contributed by atoms with Crippen LogP contribution in [-0.4, -0.2) is 5.78 Å². The average molecular weight is 370 g/mol. The number of hydrogen-bond acceptors (Lipinski definition) is 5. The zero-order valence-electron chi connectivity index (χ0n) is 13.4. The number of thioether (sulfide) groups is 2. The number of allylic oxidation sites excluding steroid dienone is 5. The maximum absolute atomic E-state index is 12.8. The SMILES string of the molecule is N#CC(C#N)=C1/C(=C/C=C2Sc3ccccc3S2)C(=O)c2ccccc21. The summed E-state index contributed by atoms with van der Waals surface area (Å²) >= 11 is 3.30. The number of ketones is 1. The molecule has 4 rings (SSSR count). The zero-order chi connectivity index (χ0) is 18.1. The van der Waals surface area contributed by atoms with Crippen LogP contribution in [0, 0.1) is 22.7 Å². The predicted octanol–water partition coefficient (Wildman–Crippen LogP) is 5.35. The van der Waals surface area contributed by atoms with Crippen LogP contribution in [-0.2, 0) is 0 Å². The molecule has 3 nitrogen and oxygen atoms in total. The molecule has 0 bridgehead atoms. The van der Waals surface area contributed by atoms with Gasteiger partial charge >= 0.3 is 0 Å². The van der Waals surface area contributed by atoms with Gasteiger partial charge in [-0.05, 0) is 29.8 Å². The number of carbonyl (C=O) groups excluding carboxylic acids is 1. The summed E-state index contributed by atoms with van der Waals surface area (Å²) in [6, 6.07) is 19.1. The van der Waals surface area contributed by atoms with E-state index in [2.05, 4.69) is 12.1 Å². The van der Waals surface area contributed by atoms with Crippen molar-refractivity contribution in [3.05, 3.63) is 87.2 Å². The number of benzene rings is 2. The Morgan fingerprint density at radius 2 is 1.42 bits per heavy atom. The van der Waals surface area contributed by atoms with Gasteiger partial charge in [0.15, 0.2) is 5.78 Å². The van der Waals surface area contributed by atoms with Gasteiger partial charge in [0, 0.05) is 30.7 Å². The van der Waals surface area contributed by atoms with Crippen LogP contribution in [0.5, 0.6) is 0 Å². The minimum absolute atomic E-state index is 0.0389. The van der Waals surface area contributed by atoms with Gasteiger partial charge in [-0.15, -0.1) is 0 Å². The quantitative estimate of drug-likeness (QED) is 0.500. The fourth-order valence-electron chi connectivity index (χ4n) is 2.94. The molecule has 0 radical (unpaired) electrons. The summed E-state index contributed by atoms with van der Waals surface area (Å²) in [6.45, 7) is 0. The Morgan fingerprint density at radius 1 is 0.846 bits per heavy atom. The molecule has 0 N–H and O–H groups in total. The maximum atomic E-state index is 12.8. The first kappa shape index (κ1) is 16.5. The second-order valence-electron chi connectivity index (χ2n) is 5.57. The topological polar surface area (TPSA) is 64.7 Å². The fraction of sp³-hybridized carbons (Fsp3) is 0. The lowest BCUT2D eigenvalue weighted by Gasteiger charge is -2.00. The molecule has 0 atom stereocenters. The molecule has 1 heterocycles. The number of nitrogens with zero attached hydrogens (tertiary/aromatic N) is 2. The van der Waals surface area contributed by atoms with Crippen molar-refractivity contribution in [2.24, 2.45) is 0 Å². The van der Waals surface area contributed by atoms with Crippen LogP contribution in [0.2, 0.25) is 0 Å². The Morgan fingerprint density at radius 3 is 2.04 bits per heavy atom. The van der Waals surface area contributed by atoms with Crippen molar-refractivity contribution in [2.45, 2.75) is 9.79 Å². The Balaban J connectivity index is 1.79. The van der Waals surface area contributed by atoms with E-state index in [-0.39, 0.29) is 11.4 Å². The van der Waals surface area contributed by atoms with Crippen molar-refractivity contribution in [3.63, 3.8) is 0 Å². The molecule has 1 aliphatic heterocycles. The van der Waals surface area contributed by atoms with Crippen molar-refractivity contribution >= 4 is 34.9 Å². The van der Waals surface area contributed by atoms with Gasteiger partial charge in [-0.1, -0.05) is 59.9 Å². The summed E-state index contributed by atoms with van der Waals surface area (Å²) in [4.78, 5) is 15.2. The molecule has 0 amide bonds. The van der Waals surface area contributed by atoms with Gasteiger partial charge in [0.1, 0.15) is 17.7 Å². The standard InChI is InChI=1S/C21H10N2OS2/c22-11-13(12-23)20-14-5-1-2-6-15(14)21(24)16(20)9-10-19-25-17-7-3-4-8-18(17)26-19/h1-10H/b16-9-. The van der Waals surface area contributed by atoms with Gasteiger partial charge < -0.3 is 0 Å². The monoisotopic (exact) mass is 370 g/mol. The van der Waals surface area contributed by atoms with E-state index in [9.17, 15) is 15.3 Å². The molecule has 0 fully saturated rings. The Kier molecular flexibility index (Phi) is 4.26. The number of Topliss-reactive ketones (excluding diaryl/α,β-unsaturated/α-hetero) is 1. The van der Waals surface area contributed by atoms with Crippen molar-refractivity contribution < 1.29 is 4.79 Å². The van der Waals surface area contributed by atoms with E-state index in [4.69, 9.17) is 0 Å². The van der Waals surface area contributed by atoms with E-state index in [1.165, 1.54) is 9.79 Å². The van der Waals surface area contributed by atoms with Crippen molar-refractivity contribution in [1.82, 2.24) is 0 Å². The molecule has 2 aromatic carbocycles. The summed E-state index contributed by atoms with van der Waals surface area (Å²) in [6.07, 6.45) is 3.62. The lowest BCUT2D eigenvalue weighted by molar-refractivity contribution is 0.104. The molecule has 1 aliphatic carbocycles. The van der Waals surface area contributed by atoms with E-state index in [0.717, 1.165) is 4.24 Å². The van der Waals surface area contributed by atoms with Gasteiger partial charge in [-0.2, -0.15) is 10.5 Å². The van der Waals surface area contributed by atoms with Crippen molar-refractivity contribution in [3.8, 4) is 12.1 Å². The Bertz CT molecular complexity index is 1080. The summed E-state index contributed by atoms with van der Waals surface area (Å²) in [5, 5.41) is 18.6. The highest BCUT2D eigenvalue weighted by Gasteiger charge is 2.31. The van der Waals surface area contributed by atoms with Crippen LogP contribution < -0.4 is 0 Å². The predicted molar refractivity (Wildman–Crippen MR) is 103 cm³/mol. The third-order valence-electron chi connectivity index (χ3n) is 4.08. The highest BCUT2D eigenvalue weighted by molar-refractivity contribution is 8.24. The molecule has 0 unspecified atom stereocenters. The number of carbonyl (C=O) groups is 1. The minimum Gasteiger partial charge on any atom is -0.289 e. The molecule has 122 valence electrons. The normalized spacial score (nSPS) is 16.1. The number of fused-ring (bicyclic) bond motifs is 2. The molecule has 2 aliphatic rings. The van der Waals surface area contributed by atoms with Crippen molar-refractivity contribution in [1.29, 1.82) is 10.5 Å². The molecule has 26 heavy (non-hydrogen) atoms. The van der Waals surface area contributed by atoms with E-state index in [1.807, 2.05) is 30.3 Å². The fourth-order valence-corrected chi connectivity index (χ4v) is 5.24. The minimum atomic E-state index is -0.152. The van der Waals surface area contributed by atoms with Gasteiger partial charge in [-0.25, -0.2) is 0 Å². The van der Waals surface area contributed by atoms with E-state index < -0.39 is 0 Å². The first-order valence-corrected chi connectivity index (χ1v) is 9.42. The number of hydrogen-bond donors (Lipinski definition) is 0. The molecule has 5 heteroatoms. The van der Waals surface area contributed by atoms with Crippen LogP contribution in [0.4, 0.5) is 0 Å². The van der Waals surface area contributed by atoms with E-state index in [1.54, 1.807) is 53.9 Å². The molecular weight excluding hydrogens is 360 g/mol. The van der Waals surface area contributed by atoms with Crippen LogP contribution >= 0.6 is 23.5 Å². The molecule has 0 aromatic heterocycles. The summed E-state index contributed by atoms with van der Waals surface area (Å²) in [5.74, 6) is -0.152. The second kappa shape index (κ2) is 6.72. The lowest BCUT2D eigenvalue weighted by atomic mass is 9.99. The second-order valence-corrected chi connectivity index (χ2v) is 7.99. The molecule has 2 aromatic rings. The summed E-state index contributed by atoms with van der Waals surface area (Å²) in [7, 11) is 0. The first-order chi connectivity index (χ1) is 12.7. The van der Waals surface area contributed by atoms with Crippen LogP contribution in [0.15, 0.2) is 85.9 Å². The molecule has 0 saturated carbocycles. The summed E-state index contributed by atoms with van der Waals surface area (Å²) in [5.41, 5.74) is 1.97. The highest BCUT2D eigenvalue weighted by Crippen LogP contribution is 2.51. The van der Waals surface area contributed by atoms with Crippen LogP contribution in [0.3, 0.4) is 0 Å². The van der Waals surface area contributed by atoms with E-state index in [0.29, 0.717) is 22.3 Å². The zero-order valence-corrected chi connectivity index (χ0v) is 15.0. The molecule has 0 spiro atoms. The Hall–Kier alpha value is -2.99. The van der Waals surface area contributed by atoms with Gasteiger partial charge in [0.05, 0.1) is 0 Å². The van der Waals surface area contributed by atoms with Gasteiger partial charge in [-0.3, -0.25) is 4.79 Å². The Labute approximate surface area is 159 Å². The molecular formula is C21H10N2OS2. The van der Waals surface area contributed by atoms with Crippen LogP contribution in [0.1, 0.15) is 15.9 Å². The smallest absolute Gasteiger partial charge is 0.194 e. The van der Waals surface area contributed by atoms with Gasteiger partial charge in [0.2, 0.25) is 0 Å². The third-order valence-corrected chi connectivity index (χ3v) is 6.54. The third kappa shape index (κ3) is 2.68.